The monoisotopic (exact) mass is 323 g/mol. The molecule has 3 aromatic rings. The molecule has 1 aromatic carbocycles. The molecule has 0 bridgehead atoms. The summed E-state index contributed by atoms with van der Waals surface area (Å²) in [6.45, 7) is 1.90. The summed E-state index contributed by atoms with van der Waals surface area (Å²) in [5.41, 5.74) is 1.55. The zero-order chi connectivity index (χ0) is 17.1. The molecule has 2 aromatic heterocycles. The summed E-state index contributed by atoms with van der Waals surface area (Å²) in [5.74, 6) is -1.98. The Hall–Kier alpha value is -3.48. The first-order valence-electron chi connectivity index (χ1n) is 7.08. The van der Waals surface area contributed by atoms with Gasteiger partial charge in [-0.3, -0.25) is 15.1 Å². The maximum absolute atomic E-state index is 12.2. The number of carboxylic acids is 1. The molecule has 0 saturated carbocycles. The van der Waals surface area contributed by atoms with Gasteiger partial charge in [-0.1, -0.05) is 28.9 Å². The van der Waals surface area contributed by atoms with Crippen LogP contribution in [0.25, 0.3) is 11.4 Å². The minimum atomic E-state index is -1.27. The molecular formula is C17H13N3O4. The van der Waals surface area contributed by atoms with Crippen LogP contribution in [0.5, 0.6) is 0 Å². The second-order valence-corrected chi connectivity index (χ2v) is 5.08. The highest BCUT2D eigenvalue weighted by atomic mass is 16.5. The van der Waals surface area contributed by atoms with Crippen molar-refractivity contribution in [3.63, 3.8) is 0 Å². The van der Waals surface area contributed by atoms with Crippen molar-refractivity contribution in [2.45, 2.75) is 6.92 Å². The van der Waals surface area contributed by atoms with Gasteiger partial charge in [-0.05, 0) is 31.2 Å². The minimum Gasteiger partial charge on any atom is -0.477 e. The summed E-state index contributed by atoms with van der Waals surface area (Å²) in [6.07, 6.45) is 1.51. The van der Waals surface area contributed by atoms with E-state index in [1.807, 2.05) is 6.92 Å². The number of pyridine rings is 1. The van der Waals surface area contributed by atoms with Crippen LogP contribution in [0.3, 0.4) is 0 Å². The molecule has 0 saturated heterocycles. The van der Waals surface area contributed by atoms with Gasteiger partial charge in [0, 0.05) is 11.8 Å². The average Bonchev–Trinajstić information content (AvgIpc) is 3.00. The lowest BCUT2D eigenvalue weighted by Crippen LogP contribution is -2.14. The van der Waals surface area contributed by atoms with E-state index in [0.717, 1.165) is 5.56 Å². The molecule has 1 amide bonds. The highest BCUT2D eigenvalue weighted by molar-refractivity contribution is 6.08. The molecule has 0 aliphatic rings. The number of carbonyl (C=O) groups excluding carboxylic acids is 1. The van der Waals surface area contributed by atoms with Gasteiger partial charge < -0.3 is 9.63 Å². The van der Waals surface area contributed by atoms with E-state index in [1.54, 1.807) is 42.5 Å². The van der Waals surface area contributed by atoms with Crippen molar-refractivity contribution in [2.24, 2.45) is 0 Å². The second-order valence-electron chi connectivity index (χ2n) is 5.08. The summed E-state index contributed by atoms with van der Waals surface area (Å²) < 4.78 is 5.02. The predicted molar refractivity (Wildman–Crippen MR) is 85.8 cm³/mol. The minimum absolute atomic E-state index is 0.0577. The van der Waals surface area contributed by atoms with Crippen molar-refractivity contribution in [1.29, 1.82) is 0 Å². The van der Waals surface area contributed by atoms with Crippen molar-refractivity contribution in [1.82, 2.24) is 10.1 Å². The largest absolute Gasteiger partial charge is 0.477 e. The van der Waals surface area contributed by atoms with Gasteiger partial charge in [-0.2, -0.15) is 0 Å². The number of anilines is 1. The third-order valence-electron chi connectivity index (χ3n) is 3.35. The zero-order valence-electron chi connectivity index (χ0n) is 12.7. The Labute approximate surface area is 136 Å². The van der Waals surface area contributed by atoms with Crippen LogP contribution >= 0.6 is 0 Å². The molecule has 2 heterocycles. The molecule has 0 aliphatic carbocycles. The standard InChI is InChI=1S/C17H13N3O4/c1-10-5-7-11(8-6-10)15(21)19-16-13(17(22)23)14(20-24-16)12-4-2-3-9-18-12/h2-9H,1H3,(H,19,21)(H,22,23). The number of benzene rings is 1. The Kier molecular flexibility index (Phi) is 4.07. The number of aromatic carboxylic acids is 1. The third kappa shape index (κ3) is 3.00. The van der Waals surface area contributed by atoms with Gasteiger partial charge in [0.15, 0.2) is 5.56 Å². The molecule has 3 rings (SSSR count). The lowest BCUT2D eigenvalue weighted by molar-refractivity contribution is 0.0698. The molecule has 2 N–H and O–H groups in total. The molecule has 24 heavy (non-hydrogen) atoms. The number of hydrogen-bond acceptors (Lipinski definition) is 5. The maximum Gasteiger partial charge on any atom is 0.343 e. The van der Waals surface area contributed by atoms with Gasteiger partial charge >= 0.3 is 5.97 Å². The Bertz CT molecular complexity index is 886. The number of hydrogen-bond donors (Lipinski definition) is 2. The summed E-state index contributed by atoms with van der Waals surface area (Å²) in [4.78, 5) is 27.9. The number of nitrogens with zero attached hydrogens (tertiary/aromatic N) is 2. The SMILES string of the molecule is Cc1ccc(C(=O)Nc2onc(-c3ccccn3)c2C(=O)O)cc1. The zero-order valence-corrected chi connectivity index (χ0v) is 12.7. The number of aryl methyl sites for hydroxylation is 1. The number of amides is 1. The number of rotatable bonds is 4. The second kappa shape index (κ2) is 6.33. The molecule has 0 spiro atoms. The molecule has 0 atom stereocenters. The first-order chi connectivity index (χ1) is 11.6. The van der Waals surface area contributed by atoms with Crippen LogP contribution in [0.4, 0.5) is 5.88 Å². The van der Waals surface area contributed by atoms with Crippen molar-refractivity contribution in [3.8, 4) is 11.4 Å². The topological polar surface area (TPSA) is 105 Å². The van der Waals surface area contributed by atoms with E-state index in [9.17, 15) is 14.7 Å². The van der Waals surface area contributed by atoms with Crippen molar-refractivity contribution in [2.75, 3.05) is 5.32 Å². The van der Waals surface area contributed by atoms with Crippen LogP contribution in [0, 0.1) is 6.92 Å². The lowest BCUT2D eigenvalue weighted by atomic mass is 10.1. The Morgan fingerprint density at radius 1 is 1.12 bits per heavy atom. The lowest BCUT2D eigenvalue weighted by Gasteiger charge is -2.03. The molecular weight excluding hydrogens is 310 g/mol. The predicted octanol–water partition coefficient (Wildman–Crippen LogP) is 3.00. The first kappa shape index (κ1) is 15.4. The smallest absolute Gasteiger partial charge is 0.343 e. The fraction of sp³-hybridized carbons (Fsp3) is 0.0588. The van der Waals surface area contributed by atoms with E-state index >= 15 is 0 Å². The highest BCUT2D eigenvalue weighted by Crippen LogP contribution is 2.27. The fourth-order valence-corrected chi connectivity index (χ4v) is 2.13. The number of carboxylic acid groups (broad SMARTS) is 1. The molecule has 0 radical (unpaired) electrons. The van der Waals surface area contributed by atoms with Gasteiger partial charge in [0.2, 0.25) is 5.88 Å². The Balaban J connectivity index is 1.94. The molecule has 7 heteroatoms. The van der Waals surface area contributed by atoms with Crippen LogP contribution in [-0.2, 0) is 0 Å². The van der Waals surface area contributed by atoms with E-state index in [4.69, 9.17) is 4.52 Å². The molecule has 7 nitrogen and oxygen atoms in total. The Morgan fingerprint density at radius 2 is 1.88 bits per heavy atom. The van der Waals surface area contributed by atoms with Crippen LogP contribution < -0.4 is 5.32 Å². The normalized spacial score (nSPS) is 10.4. The average molecular weight is 323 g/mol. The van der Waals surface area contributed by atoms with Crippen LogP contribution in [0.15, 0.2) is 53.2 Å². The van der Waals surface area contributed by atoms with Crippen LogP contribution in [0.1, 0.15) is 26.3 Å². The van der Waals surface area contributed by atoms with Crippen molar-refractivity contribution < 1.29 is 19.2 Å². The van der Waals surface area contributed by atoms with Gasteiger partial charge in [-0.15, -0.1) is 0 Å². The maximum atomic E-state index is 12.2. The molecule has 0 unspecified atom stereocenters. The molecule has 0 aliphatic heterocycles. The van der Waals surface area contributed by atoms with Crippen molar-refractivity contribution >= 4 is 17.8 Å². The fourth-order valence-electron chi connectivity index (χ4n) is 2.13. The van der Waals surface area contributed by atoms with Crippen molar-refractivity contribution in [3.05, 3.63) is 65.4 Å². The van der Waals surface area contributed by atoms with Gasteiger partial charge in [0.25, 0.3) is 5.91 Å². The van der Waals surface area contributed by atoms with Gasteiger partial charge in [0.1, 0.15) is 5.69 Å². The highest BCUT2D eigenvalue weighted by Gasteiger charge is 2.26. The third-order valence-corrected chi connectivity index (χ3v) is 3.35. The van der Waals surface area contributed by atoms with E-state index < -0.39 is 11.9 Å². The van der Waals surface area contributed by atoms with Gasteiger partial charge in [0.05, 0.1) is 5.69 Å². The summed E-state index contributed by atoms with van der Waals surface area (Å²) in [5, 5.41) is 15.6. The number of carbonyl (C=O) groups is 2. The quantitative estimate of drug-likeness (QED) is 0.764. The van der Waals surface area contributed by atoms with E-state index in [2.05, 4.69) is 15.5 Å². The van der Waals surface area contributed by atoms with Gasteiger partial charge in [-0.25, -0.2) is 4.79 Å². The first-order valence-corrected chi connectivity index (χ1v) is 7.08. The summed E-state index contributed by atoms with van der Waals surface area (Å²) in [7, 11) is 0. The van der Waals surface area contributed by atoms with E-state index in [-0.39, 0.29) is 17.1 Å². The molecule has 0 fully saturated rings. The van der Waals surface area contributed by atoms with Crippen LogP contribution in [-0.4, -0.2) is 27.1 Å². The number of nitrogens with one attached hydrogen (secondary N) is 1. The van der Waals surface area contributed by atoms with Crippen LogP contribution in [0.2, 0.25) is 0 Å². The van der Waals surface area contributed by atoms with E-state index in [0.29, 0.717) is 11.3 Å². The summed E-state index contributed by atoms with van der Waals surface area (Å²) in [6, 6.07) is 11.9. The van der Waals surface area contributed by atoms with E-state index in [1.165, 1.54) is 6.20 Å². The Morgan fingerprint density at radius 3 is 2.50 bits per heavy atom. The number of aromatic nitrogens is 2. The summed E-state index contributed by atoms with van der Waals surface area (Å²) >= 11 is 0. The molecule has 120 valence electrons.